The first-order chi connectivity index (χ1) is 60.4. The van der Waals surface area contributed by atoms with Crippen molar-refractivity contribution < 1.29 is 8.83 Å². The minimum absolute atomic E-state index is 0.623. The molecule has 0 amide bonds. The van der Waals surface area contributed by atoms with Crippen molar-refractivity contribution in [3.63, 3.8) is 0 Å². The van der Waals surface area contributed by atoms with Gasteiger partial charge in [-0.1, -0.05) is 334 Å². The molecule has 12 nitrogen and oxygen atoms in total. The topological polar surface area (TPSA) is 155 Å². The molecule has 122 heavy (non-hydrogen) atoms. The molecule has 23 rings (SSSR count). The number of fused-ring (bicyclic) bond motifs is 10. The number of hydrogen-bond acceptors (Lipinski definition) is 12. The second kappa shape index (κ2) is 31.1. The fourth-order valence-electron chi connectivity index (χ4n) is 16.3. The van der Waals surface area contributed by atoms with Crippen LogP contribution in [0.1, 0.15) is 0 Å². The van der Waals surface area contributed by atoms with Crippen LogP contribution in [0.5, 0.6) is 0 Å². The predicted molar refractivity (Wildman–Crippen MR) is 494 cm³/mol. The molecule has 0 atom stereocenters. The van der Waals surface area contributed by atoms with E-state index in [1.54, 1.807) is 0 Å². The zero-order valence-electron chi connectivity index (χ0n) is 65.5. The van der Waals surface area contributed by atoms with E-state index < -0.39 is 0 Å². The summed E-state index contributed by atoms with van der Waals surface area (Å²) < 4.78 is 12.4. The molecule has 570 valence electrons. The van der Waals surface area contributed by atoms with Crippen LogP contribution in [-0.4, -0.2) is 49.8 Å². The normalized spacial score (nSPS) is 11.4. The molecule has 0 radical (unpaired) electrons. The molecule has 7 heterocycles. The highest BCUT2D eigenvalue weighted by atomic mass is 16.3. The summed E-state index contributed by atoms with van der Waals surface area (Å²) >= 11 is 0. The Labute approximate surface area is 701 Å². The second-order valence-corrected chi connectivity index (χ2v) is 30.2. The number of pyridine rings is 2. The monoisotopic (exact) mass is 1560 g/mol. The number of hydrogen-bond donors (Lipinski definition) is 0. The third-order valence-corrected chi connectivity index (χ3v) is 22.6. The zero-order valence-corrected chi connectivity index (χ0v) is 65.5. The molecule has 0 fully saturated rings. The third-order valence-electron chi connectivity index (χ3n) is 22.6. The molecule has 0 spiro atoms. The number of para-hydroxylation sites is 3. The SMILES string of the molecule is c1ccc(-c2ccc(-c3nc(-c4ccccc4)nc(-c4ccc(-c5cccc(-c6cccc(-c7cc8c(cn7)oc7c9ccccc9ncc87)c6)c5)cc4)n3)cc2)cc1.c1ccc(-c2ccc(-c3nc(-c4ccccc4)nc(-c4ccc(-c5cccc(-c6cccc(-c7cccc8nc9cc%10oc%11ccccc%11c%10cc9nc78)c6)c5)cc4)n3)cc2)cc1. The van der Waals surface area contributed by atoms with Crippen molar-refractivity contribution in [2.75, 3.05) is 0 Å². The minimum Gasteiger partial charge on any atom is -0.456 e. The molecular weight excluding hydrogens is 1490 g/mol. The van der Waals surface area contributed by atoms with Crippen LogP contribution >= 0.6 is 0 Å². The summed E-state index contributed by atoms with van der Waals surface area (Å²) in [6.07, 6.45) is 3.72. The Morgan fingerprint density at radius 3 is 1.01 bits per heavy atom. The van der Waals surface area contributed by atoms with Crippen molar-refractivity contribution >= 4 is 76.8 Å². The van der Waals surface area contributed by atoms with Gasteiger partial charge in [0, 0.05) is 83.7 Å². The van der Waals surface area contributed by atoms with Gasteiger partial charge in [0.1, 0.15) is 16.7 Å². The molecule has 0 saturated heterocycles. The van der Waals surface area contributed by atoms with Gasteiger partial charge in [-0.3, -0.25) is 9.97 Å². The molecular formula is C110H68N10O2. The van der Waals surface area contributed by atoms with Crippen molar-refractivity contribution in [3.05, 3.63) is 413 Å². The number of furan rings is 2. The summed E-state index contributed by atoms with van der Waals surface area (Å²) in [4.78, 5) is 49.6. The molecule has 0 aliphatic heterocycles. The highest BCUT2D eigenvalue weighted by Crippen LogP contribution is 2.41. The van der Waals surface area contributed by atoms with Crippen LogP contribution in [0.15, 0.2) is 422 Å². The van der Waals surface area contributed by atoms with Crippen molar-refractivity contribution in [1.29, 1.82) is 0 Å². The first kappa shape index (κ1) is 71.8. The first-order valence-corrected chi connectivity index (χ1v) is 40.5. The van der Waals surface area contributed by atoms with E-state index in [0.717, 1.165) is 188 Å². The summed E-state index contributed by atoms with van der Waals surface area (Å²) in [7, 11) is 0. The lowest BCUT2D eigenvalue weighted by Crippen LogP contribution is -2.00. The number of nitrogens with zero attached hydrogens (tertiary/aromatic N) is 10. The van der Waals surface area contributed by atoms with Gasteiger partial charge in [0.05, 0.1) is 39.5 Å². The van der Waals surface area contributed by atoms with Gasteiger partial charge < -0.3 is 8.83 Å². The van der Waals surface area contributed by atoms with Crippen molar-refractivity contribution in [2.45, 2.75) is 0 Å². The first-order valence-electron chi connectivity index (χ1n) is 40.5. The number of rotatable bonds is 14. The van der Waals surface area contributed by atoms with Gasteiger partial charge in [-0.05, 0) is 133 Å². The average Bonchev–Trinajstić information content (AvgIpc) is 1.57. The smallest absolute Gasteiger partial charge is 0.164 e. The quantitative estimate of drug-likeness (QED) is 0.0952. The van der Waals surface area contributed by atoms with E-state index in [1.165, 1.54) is 11.1 Å². The minimum atomic E-state index is 0.623. The lowest BCUT2D eigenvalue weighted by molar-refractivity contribution is 0.669. The van der Waals surface area contributed by atoms with E-state index >= 15 is 0 Å². The maximum absolute atomic E-state index is 6.29. The van der Waals surface area contributed by atoms with Crippen LogP contribution in [-0.2, 0) is 0 Å². The van der Waals surface area contributed by atoms with E-state index in [-0.39, 0.29) is 0 Å². The second-order valence-electron chi connectivity index (χ2n) is 30.2. The Balaban J connectivity index is 0.000000146. The van der Waals surface area contributed by atoms with Crippen LogP contribution in [0.25, 0.3) is 234 Å². The van der Waals surface area contributed by atoms with E-state index in [0.29, 0.717) is 34.9 Å². The molecule has 7 aromatic heterocycles. The summed E-state index contributed by atoms with van der Waals surface area (Å²) in [5.41, 5.74) is 30.6. The van der Waals surface area contributed by atoms with E-state index in [2.05, 4.69) is 273 Å². The van der Waals surface area contributed by atoms with Crippen LogP contribution in [0, 0.1) is 0 Å². The molecule has 23 aromatic rings. The summed E-state index contributed by atoms with van der Waals surface area (Å²) in [6, 6.07) is 138. The molecule has 0 N–H and O–H groups in total. The van der Waals surface area contributed by atoms with Crippen molar-refractivity contribution in [3.8, 4) is 157 Å². The Morgan fingerprint density at radius 2 is 0.508 bits per heavy atom. The zero-order chi connectivity index (χ0) is 80.8. The summed E-state index contributed by atoms with van der Waals surface area (Å²) in [6.45, 7) is 0. The van der Waals surface area contributed by atoms with Gasteiger partial charge in [0.25, 0.3) is 0 Å². The summed E-state index contributed by atoms with van der Waals surface area (Å²) in [5.74, 6) is 3.78. The molecule has 12 heteroatoms. The Bertz CT molecular complexity index is 7900. The van der Waals surface area contributed by atoms with E-state index in [1.807, 2.05) is 140 Å². The van der Waals surface area contributed by atoms with Crippen molar-refractivity contribution in [1.82, 2.24) is 49.8 Å². The Hall–Kier alpha value is -16.7. The predicted octanol–water partition coefficient (Wildman–Crippen LogP) is 27.9. The highest BCUT2D eigenvalue weighted by molar-refractivity contribution is 6.14. The third kappa shape index (κ3) is 14.1. The maximum Gasteiger partial charge on any atom is 0.164 e. The molecule has 0 unspecified atom stereocenters. The van der Waals surface area contributed by atoms with E-state index in [4.69, 9.17) is 58.7 Å². The van der Waals surface area contributed by atoms with Crippen LogP contribution in [0.2, 0.25) is 0 Å². The summed E-state index contributed by atoms with van der Waals surface area (Å²) in [5, 5.41) is 5.10. The molecule has 0 saturated carbocycles. The van der Waals surface area contributed by atoms with Gasteiger partial charge in [0.15, 0.2) is 40.5 Å². The molecule has 16 aromatic carbocycles. The Morgan fingerprint density at radius 1 is 0.164 bits per heavy atom. The van der Waals surface area contributed by atoms with Crippen LogP contribution in [0.3, 0.4) is 0 Å². The Kier molecular flexibility index (Phi) is 18.3. The fraction of sp³-hybridized carbons (Fsp3) is 0. The maximum atomic E-state index is 6.29. The largest absolute Gasteiger partial charge is 0.456 e. The standard InChI is InChI=1S/C57H35N5O.C53H33N5O/c1-3-12-36(13-4-1)37-24-28-40(29-25-37)56-60-55(39-14-5-2-6-15-39)61-57(62-56)41-30-26-38(27-31-41)42-16-9-17-43(32-42)44-18-10-19-45(33-44)46-21-11-22-49-54(46)59-50-34-48-47-20-7-8-23-52(47)63-53(48)35-51(50)58-49;1-3-11-34(12-4-1)35-21-25-38(26-22-35)52-56-51(37-13-5-2-6-14-37)57-53(58-52)39-27-23-36(24-28-39)40-15-9-16-41(29-40)42-17-10-18-43(30-42)48-31-45-46-32-54-47-20-8-7-19-44(47)50(46)59-49(45)33-55-48/h1-35H;1-33H. The van der Waals surface area contributed by atoms with Gasteiger partial charge in [0.2, 0.25) is 0 Å². The molecule has 0 bridgehead atoms. The molecule has 0 aliphatic rings. The van der Waals surface area contributed by atoms with Gasteiger partial charge >= 0.3 is 0 Å². The van der Waals surface area contributed by atoms with Crippen molar-refractivity contribution in [2.24, 2.45) is 0 Å². The average molecular weight is 1560 g/mol. The number of aromatic nitrogens is 10. The molecule has 0 aliphatic carbocycles. The number of benzene rings is 16. The lowest BCUT2D eigenvalue weighted by Gasteiger charge is -2.11. The van der Waals surface area contributed by atoms with E-state index in [9.17, 15) is 0 Å². The highest BCUT2D eigenvalue weighted by Gasteiger charge is 2.20. The van der Waals surface area contributed by atoms with Gasteiger partial charge in [-0.25, -0.2) is 39.9 Å². The van der Waals surface area contributed by atoms with Gasteiger partial charge in [-0.2, -0.15) is 0 Å². The van der Waals surface area contributed by atoms with Gasteiger partial charge in [-0.15, -0.1) is 0 Å². The lowest BCUT2D eigenvalue weighted by atomic mass is 9.95. The van der Waals surface area contributed by atoms with Crippen LogP contribution < -0.4 is 0 Å². The van der Waals surface area contributed by atoms with Crippen LogP contribution in [0.4, 0.5) is 0 Å². The fourth-order valence-corrected chi connectivity index (χ4v) is 16.3.